The number of Topliss-reactive ketones (excluding diaryl/α,β-unsaturated/α-hetero) is 1. The highest BCUT2D eigenvalue weighted by atomic mass is 16.5. The van der Waals surface area contributed by atoms with Crippen LogP contribution < -0.4 is 4.74 Å². The second-order valence-electron chi connectivity index (χ2n) is 8.07. The van der Waals surface area contributed by atoms with Crippen LogP contribution in [0.3, 0.4) is 0 Å². The van der Waals surface area contributed by atoms with Crippen molar-refractivity contribution in [3.8, 4) is 5.75 Å². The second kappa shape index (κ2) is 7.94. The van der Waals surface area contributed by atoms with Crippen molar-refractivity contribution in [2.24, 2.45) is 0 Å². The van der Waals surface area contributed by atoms with Gasteiger partial charge in [-0.3, -0.25) is 14.6 Å². The molecule has 1 atom stereocenters. The Hall–Kier alpha value is -3.15. The Bertz CT molecular complexity index is 1020. The van der Waals surface area contributed by atoms with Crippen molar-refractivity contribution < 1.29 is 19.4 Å². The number of benzene rings is 1. The minimum atomic E-state index is -0.638. The highest BCUT2D eigenvalue weighted by Crippen LogP contribution is 2.43. The molecule has 1 aromatic heterocycles. The summed E-state index contributed by atoms with van der Waals surface area (Å²) in [6.07, 6.45) is 7.11. The van der Waals surface area contributed by atoms with E-state index in [1.54, 1.807) is 36.5 Å². The van der Waals surface area contributed by atoms with Crippen molar-refractivity contribution in [3.05, 3.63) is 64.5 Å². The van der Waals surface area contributed by atoms with Crippen LogP contribution in [0.1, 0.15) is 54.0 Å². The number of ether oxygens (including phenoxy) is 1. The molecule has 6 heteroatoms. The molecule has 2 aromatic rings. The van der Waals surface area contributed by atoms with Gasteiger partial charge in [-0.2, -0.15) is 0 Å². The number of carbonyl (C=O) groups is 2. The first kappa shape index (κ1) is 20.1. The van der Waals surface area contributed by atoms with E-state index in [0.717, 1.165) is 42.4 Å². The molecule has 156 valence electrons. The van der Waals surface area contributed by atoms with E-state index in [2.05, 4.69) is 4.98 Å². The van der Waals surface area contributed by atoms with E-state index in [4.69, 9.17) is 4.74 Å². The monoisotopic (exact) mass is 406 g/mol. The fourth-order valence-electron chi connectivity index (χ4n) is 4.68. The lowest BCUT2D eigenvalue weighted by atomic mass is 9.93. The fraction of sp³-hybridized carbons (Fsp3) is 0.375. The summed E-state index contributed by atoms with van der Waals surface area (Å²) in [5.74, 6) is -0.619. The maximum atomic E-state index is 13.1. The number of methoxy groups -OCH3 is 1. The molecule has 2 aliphatic rings. The van der Waals surface area contributed by atoms with Gasteiger partial charge >= 0.3 is 0 Å². The number of aryl methyl sites for hydroxylation is 2. The third-order valence-electron chi connectivity index (χ3n) is 6.20. The third-order valence-corrected chi connectivity index (χ3v) is 6.20. The molecular weight excluding hydrogens is 380 g/mol. The third kappa shape index (κ3) is 3.26. The largest absolute Gasteiger partial charge is 0.507 e. The average molecular weight is 406 g/mol. The number of hydrogen-bond acceptors (Lipinski definition) is 5. The molecule has 1 saturated heterocycles. The molecule has 1 aliphatic heterocycles. The molecule has 1 N–H and O–H groups in total. The summed E-state index contributed by atoms with van der Waals surface area (Å²) in [6, 6.07) is 6.63. The maximum absolute atomic E-state index is 13.1. The summed E-state index contributed by atoms with van der Waals surface area (Å²) >= 11 is 0. The van der Waals surface area contributed by atoms with Crippen molar-refractivity contribution in [1.82, 2.24) is 9.88 Å². The quantitative estimate of drug-likeness (QED) is 0.470. The molecule has 1 unspecified atom stereocenters. The smallest absolute Gasteiger partial charge is 0.295 e. The van der Waals surface area contributed by atoms with Crippen molar-refractivity contribution in [3.63, 3.8) is 0 Å². The van der Waals surface area contributed by atoms with Crippen molar-refractivity contribution in [2.75, 3.05) is 7.11 Å². The van der Waals surface area contributed by atoms with Crippen LogP contribution >= 0.6 is 0 Å². The number of nitrogens with zero attached hydrogens (tertiary/aromatic N) is 2. The van der Waals surface area contributed by atoms with E-state index in [0.29, 0.717) is 11.3 Å². The molecule has 30 heavy (non-hydrogen) atoms. The lowest BCUT2D eigenvalue weighted by molar-refractivity contribution is -0.141. The van der Waals surface area contributed by atoms with E-state index in [1.165, 1.54) is 0 Å². The Morgan fingerprint density at radius 3 is 2.53 bits per heavy atom. The molecule has 1 saturated carbocycles. The van der Waals surface area contributed by atoms with Gasteiger partial charge in [0.05, 0.1) is 18.7 Å². The van der Waals surface area contributed by atoms with Crippen LogP contribution in [0.25, 0.3) is 5.76 Å². The number of hydrogen-bond donors (Lipinski definition) is 1. The predicted molar refractivity (Wildman–Crippen MR) is 113 cm³/mol. The molecule has 0 radical (unpaired) electrons. The first-order valence-electron chi connectivity index (χ1n) is 10.3. The van der Waals surface area contributed by atoms with Crippen LogP contribution in [0.5, 0.6) is 5.75 Å². The number of aliphatic hydroxyl groups is 1. The standard InChI is InChI=1S/C24H26N2O4/c1-14-12-19(30-3)15(2)11-18(14)22(27)20-21(16-7-6-10-25-13-16)26(24(29)23(20)28)17-8-4-5-9-17/h6-7,10-13,17,21,27H,4-5,8-9H2,1-3H3/b22-20+. The van der Waals surface area contributed by atoms with Gasteiger partial charge in [0.1, 0.15) is 11.5 Å². The zero-order valence-corrected chi connectivity index (χ0v) is 17.5. The van der Waals surface area contributed by atoms with Gasteiger partial charge in [-0.05, 0) is 61.6 Å². The number of ketones is 1. The highest BCUT2D eigenvalue weighted by Gasteiger charge is 2.49. The fourth-order valence-corrected chi connectivity index (χ4v) is 4.68. The van der Waals surface area contributed by atoms with Crippen molar-refractivity contribution in [1.29, 1.82) is 0 Å². The highest BCUT2D eigenvalue weighted by molar-refractivity contribution is 6.46. The van der Waals surface area contributed by atoms with E-state index >= 15 is 0 Å². The molecule has 0 bridgehead atoms. The lowest BCUT2D eigenvalue weighted by Gasteiger charge is -2.30. The van der Waals surface area contributed by atoms with E-state index in [1.807, 2.05) is 26.0 Å². The van der Waals surface area contributed by atoms with E-state index in [-0.39, 0.29) is 17.4 Å². The number of amides is 1. The van der Waals surface area contributed by atoms with Crippen LogP contribution in [0.2, 0.25) is 0 Å². The van der Waals surface area contributed by atoms with Crippen molar-refractivity contribution >= 4 is 17.4 Å². The number of carbonyl (C=O) groups excluding carboxylic acids is 2. The summed E-state index contributed by atoms with van der Waals surface area (Å²) in [4.78, 5) is 32.1. The number of rotatable bonds is 4. The normalized spacial score (nSPS) is 21.4. The van der Waals surface area contributed by atoms with Crippen LogP contribution in [0.4, 0.5) is 0 Å². The van der Waals surface area contributed by atoms with Gasteiger partial charge in [0, 0.05) is 24.0 Å². The van der Waals surface area contributed by atoms with Gasteiger partial charge in [0.25, 0.3) is 11.7 Å². The van der Waals surface area contributed by atoms with Gasteiger partial charge in [0.2, 0.25) is 0 Å². The Morgan fingerprint density at radius 1 is 1.17 bits per heavy atom. The summed E-state index contributed by atoms with van der Waals surface area (Å²) in [5.41, 5.74) is 3.01. The molecule has 1 aromatic carbocycles. The Balaban J connectivity index is 1.91. The Labute approximate surface area is 176 Å². The van der Waals surface area contributed by atoms with Crippen LogP contribution in [0.15, 0.2) is 42.2 Å². The minimum absolute atomic E-state index is 0.00402. The van der Waals surface area contributed by atoms with Crippen LogP contribution in [-0.4, -0.2) is 39.8 Å². The van der Waals surface area contributed by atoms with E-state index < -0.39 is 17.7 Å². The number of likely N-dealkylation sites (tertiary alicyclic amines) is 1. The van der Waals surface area contributed by atoms with Gasteiger partial charge < -0.3 is 14.7 Å². The summed E-state index contributed by atoms with van der Waals surface area (Å²) in [7, 11) is 1.59. The number of aromatic nitrogens is 1. The summed E-state index contributed by atoms with van der Waals surface area (Å²) in [6.45, 7) is 3.73. The maximum Gasteiger partial charge on any atom is 0.295 e. The first-order valence-corrected chi connectivity index (χ1v) is 10.3. The second-order valence-corrected chi connectivity index (χ2v) is 8.07. The van der Waals surface area contributed by atoms with Gasteiger partial charge in [0.15, 0.2) is 0 Å². The van der Waals surface area contributed by atoms with Gasteiger partial charge in [-0.25, -0.2) is 0 Å². The predicted octanol–water partition coefficient (Wildman–Crippen LogP) is 4.07. The number of pyridine rings is 1. The lowest BCUT2D eigenvalue weighted by Crippen LogP contribution is -2.37. The molecule has 2 heterocycles. The molecule has 1 aliphatic carbocycles. The SMILES string of the molecule is COc1cc(C)c(/C(O)=C2\C(=O)C(=O)N(C3CCCC3)C2c2cccnc2)cc1C. The average Bonchev–Trinajstić information content (AvgIpc) is 3.36. The van der Waals surface area contributed by atoms with Gasteiger partial charge in [-0.1, -0.05) is 18.9 Å². The van der Waals surface area contributed by atoms with Crippen molar-refractivity contribution in [2.45, 2.75) is 51.6 Å². The first-order chi connectivity index (χ1) is 14.4. The Morgan fingerprint density at radius 2 is 1.90 bits per heavy atom. The van der Waals surface area contributed by atoms with Crippen LogP contribution in [0, 0.1) is 13.8 Å². The molecule has 0 spiro atoms. The Kier molecular flexibility index (Phi) is 5.33. The molecule has 1 amide bonds. The molecular formula is C24H26N2O4. The van der Waals surface area contributed by atoms with Gasteiger partial charge in [-0.15, -0.1) is 0 Å². The topological polar surface area (TPSA) is 79.7 Å². The van der Waals surface area contributed by atoms with E-state index in [9.17, 15) is 14.7 Å². The molecule has 6 nitrogen and oxygen atoms in total. The van der Waals surface area contributed by atoms with Crippen LogP contribution in [-0.2, 0) is 9.59 Å². The summed E-state index contributed by atoms with van der Waals surface area (Å²) in [5, 5.41) is 11.3. The molecule has 4 rings (SSSR count). The zero-order chi connectivity index (χ0) is 21.4. The molecule has 2 fully saturated rings. The summed E-state index contributed by atoms with van der Waals surface area (Å²) < 4.78 is 5.36. The minimum Gasteiger partial charge on any atom is -0.507 e. The number of aliphatic hydroxyl groups excluding tert-OH is 1. The zero-order valence-electron chi connectivity index (χ0n) is 17.5.